The molecule has 3 aromatic rings. The lowest BCUT2D eigenvalue weighted by molar-refractivity contribution is 0.0923. The molecule has 0 saturated carbocycles. The summed E-state index contributed by atoms with van der Waals surface area (Å²) in [4.78, 5) is 12.6. The average molecular weight is 357 g/mol. The zero-order valence-electron chi connectivity index (χ0n) is 13.7. The van der Waals surface area contributed by atoms with Crippen molar-refractivity contribution in [3.8, 4) is 11.3 Å². The lowest BCUT2D eigenvalue weighted by Crippen LogP contribution is -2.31. The second kappa shape index (κ2) is 6.37. The van der Waals surface area contributed by atoms with Crippen molar-refractivity contribution in [1.82, 2.24) is 20.3 Å². The van der Waals surface area contributed by atoms with Gasteiger partial charge in [0.05, 0.1) is 12.2 Å². The molecule has 0 bridgehead atoms. The van der Waals surface area contributed by atoms with Crippen LogP contribution in [-0.4, -0.2) is 20.8 Å². The minimum absolute atomic E-state index is 0.0451. The molecular formula is C18H17ClN4O2. The summed E-state index contributed by atoms with van der Waals surface area (Å²) < 4.78 is 7.18. The summed E-state index contributed by atoms with van der Waals surface area (Å²) in [5.74, 6) is 0.261. The zero-order valence-corrected chi connectivity index (χ0v) is 14.5. The number of fused-ring (bicyclic) bond motifs is 1. The quantitative estimate of drug-likeness (QED) is 0.779. The van der Waals surface area contributed by atoms with Gasteiger partial charge >= 0.3 is 0 Å². The average Bonchev–Trinajstić information content (AvgIpc) is 3.23. The summed E-state index contributed by atoms with van der Waals surface area (Å²) in [7, 11) is 1.93. The third-order valence-electron chi connectivity index (χ3n) is 4.53. The van der Waals surface area contributed by atoms with Crippen molar-refractivity contribution in [2.45, 2.75) is 25.3 Å². The lowest BCUT2D eigenvalue weighted by Gasteiger charge is -2.23. The van der Waals surface area contributed by atoms with Gasteiger partial charge < -0.3 is 9.84 Å². The minimum atomic E-state index is -0.251. The molecule has 1 unspecified atom stereocenters. The van der Waals surface area contributed by atoms with Gasteiger partial charge in [0.1, 0.15) is 0 Å². The van der Waals surface area contributed by atoms with Crippen LogP contribution in [0.3, 0.4) is 0 Å². The molecule has 0 saturated heterocycles. The van der Waals surface area contributed by atoms with E-state index in [0.29, 0.717) is 10.8 Å². The SMILES string of the molecule is Cn1ncc2c1CCCC2NC(=O)c1cc(-c2cccc(Cl)c2)on1. The first-order valence-electron chi connectivity index (χ1n) is 8.16. The molecule has 1 aromatic carbocycles. The van der Waals surface area contributed by atoms with Crippen molar-refractivity contribution in [1.29, 1.82) is 0 Å². The van der Waals surface area contributed by atoms with Crippen molar-refractivity contribution < 1.29 is 9.32 Å². The van der Waals surface area contributed by atoms with Crippen molar-refractivity contribution in [3.63, 3.8) is 0 Å². The molecule has 0 fully saturated rings. The van der Waals surface area contributed by atoms with Crippen LogP contribution >= 0.6 is 11.6 Å². The Labute approximate surface area is 149 Å². The Bertz CT molecular complexity index is 931. The third kappa shape index (κ3) is 3.05. The zero-order chi connectivity index (χ0) is 17.4. The Hall–Kier alpha value is -2.60. The van der Waals surface area contributed by atoms with E-state index in [1.165, 1.54) is 5.69 Å². The highest BCUT2D eigenvalue weighted by Crippen LogP contribution is 2.29. The van der Waals surface area contributed by atoms with Crippen LogP contribution in [0, 0.1) is 0 Å². The second-order valence-corrected chi connectivity index (χ2v) is 6.61. The number of benzene rings is 1. The smallest absolute Gasteiger partial charge is 0.273 e. The van der Waals surface area contributed by atoms with Gasteiger partial charge in [-0.25, -0.2) is 0 Å². The van der Waals surface area contributed by atoms with Crippen LogP contribution in [-0.2, 0) is 13.5 Å². The summed E-state index contributed by atoms with van der Waals surface area (Å²) in [5.41, 5.74) is 3.30. The number of halogens is 1. The van der Waals surface area contributed by atoms with E-state index < -0.39 is 0 Å². The number of carbonyl (C=O) groups is 1. The van der Waals surface area contributed by atoms with Crippen molar-refractivity contribution in [3.05, 3.63) is 58.5 Å². The van der Waals surface area contributed by atoms with Crippen LogP contribution in [0.5, 0.6) is 0 Å². The molecule has 4 rings (SSSR count). The number of hydrogen-bond donors (Lipinski definition) is 1. The molecule has 6 nitrogen and oxygen atoms in total. The van der Waals surface area contributed by atoms with Crippen LogP contribution in [0.15, 0.2) is 41.1 Å². The van der Waals surface area contributed by atoms with Crippen molar-refractivity contribution in [2.24, 2.45) is 7.05 Å². The predicted molar refractivity (Wildman–Crippen MR) is 93.3 cm³/mol. The molecule has 1 N–H and O–H groups in total. The number of nitrogens with one attached hydrogen (secondary N) is 1. The molecular weight excluding hydrogens is 340 g/mol. The summed E-state index contributed by atoms with van der Waals surface area (Å²) in [6.45, 7) is 0. The van der Waals surface area contributed by atoms with Crippen LogP contribution < -0.4 is 5.32 Å². The number of hydrogen-bond acceptors (Lipinski definition) is 4. The normalized spacial score (nSPS) is 16.5. The Morgan fingerprint density at radius 1 is 1.40 bits per heavy atom. The molecule has 25 heavy (non-hydrogen) atoms. The first-order chi connectivity index (χ1) is 12.1. The Morgan fingerprint density at radius 2 is 2.28 bits per heavy atom. The van der Waals surface area contributed by atoms with Gasteiger partial charge in [-0.1, -0.05) is 28.9 Å². The second-order valence-electron chi connectivity index (χ2n) is 6.18. The molecule has 1 atom stereocenters. The number of rotatable bonds is 3. The number of nitrogens with zero attached hydrogens (tertiary/aromatic N) is 3. The van der Waals surface area contributed by atoms with E-state index in [4.69, 9.17) is 16.1 Å². The molecule has 2 heterocycles. The molecule has 128 valence electrons. The predicted octanol–water partition coefficient (Wildman–Crippen LogP) is 3.54. The number of carbonyl (C=O) groups excluding carboxylic acids is 1. The van der Waals surface area contributed by atoms with E-state index >= 15 is 0 Å². The Balaban J connectivity index is 1.53. The van der Waals surface area contributed by atoms with Gasteiger partial charge in [0.15, 0.2) is 11.5 Å². The van der Waals surface area contributed by atoms with Gasteiger partial charge in [-0.2, -0.15) is 5.10 Å². The first kappa shape index (κ1) is 15.9. The van der Waals surface area contributed by atoms with E-state index in [0.717, 1.165) is 30.4 Å². The van der Waals surface area contributed by atoms with Gasteiger partial charge in [-0.05, 0) is 31.4 Å². The summed E-state index contributed by atoms with van der Waals surface area (Å²) in [6, 6.07) is 8.82. The van der Waals surface area contributed by atoms with E-state index in [1.54, 1.807) is 18.2 Å². The fraction of sp³-hybridized carbons (Fsp3) is 0.278. The van der Waals surface area contributed by atoms with Gasteiger partial charge in [0.2, 0.25) is 0 Å². The van der Waals surface area contributed by atoms with E-state index in [2.05, 4.69) is 15.6 Å². The maximum atomic E-state index is 12.6. The van der Waals surface area contributed by atoms with Gasteiger partial charge in [0.25, 0.3) is 5.91 Å². The largest absolute Gasteiger partial charge is 0.355 e. The number of aryl methyl sites for hydroxylation is 1. The summed E-state index contributed by atoms with van der Waals surface area (Å²) in [5, 5.41) is 11.8. The van der Waals surface area contributed by atoms with E-state index in [-0.39, 0.29) is 17.6 Å². The minimum Gasteiger partial charge on any atom is -0.355 e. The van der Waals surface area contributed by atoms with Gasteiger partial charge in [0, 0.05) is 35.0 Å². The maximum Gasteiger partial charge on any atom is 0.273 e. The molecule has 1 amide bonds. The lowest BCUT2D eigenvalue weighted by atomic mass is 9.93. The first-order valence-corrected chi connectivity index (χ1v) is 8.54. The van der Waals surface area contributed by atoms with Crippen LogP contribution in [0.4, 0.5) is 0 Å². The fourth-order valence-corrected chi connectivity index (χ4v) is 3.44. The third-order valence-corrected chi connectivity index (χ3v) is 4.77. The van der Waals surface area contributed by atoms with E-state index in [9.17, 15) is 4.79 Å². The Kier molecular flexibility index (Phi) is 4.05. The molecule has 0 spiro atoms. The molecule has 7 heteroatoms. The van der Waals surface area contributed by atoms with Crippen LogP contribution in [0.25, 0.3) is 11.3 Å². The number of aromatic nitrogens is 3. The maximum absolute atomic E-state index is 12.6. The highest BCUT2D eigenvalue weighted by atomic mass is 35.5. The van der Waals surface area contributed by atoms with Gasteiger partial charge in [-0.15, -0.1) is 0 Å². The standard InChI is InChI=1S/C18H17ClN4O2/c1-23-16-7-3-6-14(13(16)10-20-23)21-18(24)15-9-17(25-22-15)11-4-2-5-12(19)8-11/h2,4-5,8-10,14H,3,6-7H2,1H3,(H,21,24). The number of amides is 1. The molecule has 2 aromatic heterocycles. The molecule has 1 aliphatic carbocycles. The highest BCUT2D eigenvalue weighted by molar-refractivity contribution is 6.30. The monoisotopic (exact) mass is 356 g/mol. The van der Waals surface area contributed by atoms with Gasteiger partial charge in [-0.3, -0.25) is 9.48 Å². The van der Waals surface area contributed by atoms with Crippen LogP contribution in [0.1, 0.15) is 40.6 Å². The molecule has 1 aliphatic rings. The summed E-state index contributed by atoms with van der Waals surface area (Å²) >= 11 is 5.99. The fourth-order valence-electron chi connectivity index (χ4n) is 3.25. The van der Waals surface area contributed by atoms with Crippen molar-refractivity contribution in [2.75, 3.05) is 0 Å². The molecule has 0 radical (unpaired) electrons. The summed E-state index contributed by atoms with van der Waals surface area (Å²) in [6.07, 6.45) is 4.73. The van der Waals surface area contributed by atoms with E-state index in [1.807, 2.05) is 30.1 Å². The Morgan fingerprint density at radius 3 is 3.12 bits per heavy atom. The van der Waals surface area contributed by atoms with Crippen molar-refractivity contribution >= 4 is 17.5 Å². The molecule has 0 aliphatic heterocycles. The van der Waals surface area contributed by atoms with Crippen LogP contribution in [0.2, 0.25) is 5.02 Å². The topological polar surface area (TPSA) is 73.0 Å². The highest BCUT2D eigenvalue weighted by Gasteiger charge is 2.26.